The third kappa shape index (κ3) is 6.42. The molecule has 0 radical (unpaired) electrons. The van der Waals surface area contributed by atoms with Crippen LogP contribution in [0.3, 0.4) is 0 Å². The van der Waals surface area contributed by atoms with Crippen molar-refractivity contribution in [2.24, 2.45) is 5.92 Å². The van der Waals surface area contributed by atoms with Gasteiger partial charge in [0.1, 0.15) is 18.1 Å². The fourth-order valence-electron chi connectivity index (χ4n) is 4.22. The maximum absolute atomic E-state index is 14.0. The number of amides is 3. The minimum absolute atomic E-state index is 0.115. The molecule has 9 nitrogen and oxygen atoms in total. The number of nitrogens with one attached hydrogen (secondary N) is 2. The van der Waals surface area contributed by atoms with E-state index in [0.29, 0.717) is 34.9 Å². The van der Waals surface area contributed by atoms with E-state index in [9.17, 15) is 14.4 Å². The Hall–Kier alpha value is -4.53. The van der Waals surface area contributed by atoms with Crippen LogP contribution in [0.5, 0.6) is 0 Å². The van der Waals surface area contributed by atoms with Gasteiger partial charge in [-0.25, -0.2) is 4.68 Å². The van der Waals surface area contributed by atoms with Crippen molar-refractivity contribution in [3.8, 4) is 0 Å². The van der Waals surface area contributed by atoms with Crippen molar-refractivity contribution < 1.29 is 14.4 Å². The highest BCUT2D eigenvalue weighted by molar-refractivity contribution is 6.02. The Balaban J connectivity index is 1.74. The third-order valence-corrected chi connectivity index (χ3v) is 6.08. The Morgan fingerprint density at radius 2 is 1.61 bits per heavy atom. The van der Waals surface area contributed by atoms with Crippen LogP contribution < -0.4 is 15.5 Å². The zero-order valence-corrected chi connectivity index (χ0v) is 21.8. The second-order valence-corrected chi connectivity index (χ2v) is 9.51. The van der Waals surface area contributed by atoms with E-state index in [1.807, 2.05) is 54.6 Å². The van der Waals surface area contributed by atoms with Gasteiger partial charge >= 0.3 is 0 Å². The smallest absolute Gasteiger partial charge is 0.249 e. The largest absolute Gasteiger partial charge is 0.354 e. The summed E-state index contributed by atoms with van der Waals surface area (Å²) in [5.74, 6) is -0.388. The third-order valence-electron chi connectivity index (χ3n) is 6.08. The van der Waals surface area contributed by atoms with Gasteiger partial charge in [-0.15, -0.1) is 5.10 Å². The van der Waals surface area contributed by atoms with Crippen molar-refractivity contribution in [2.75, 3.05) is 16.8 Å². The first kappa shape index (κ1) is 26.5. The molecule has 0 saturated heterocycles. The molecule has 38 heavy (non-hydrogen) atoms. The predicted molar refractivity (Wildman–Crippen MR) is 147 cm³/mol. The van der Waals surface area contributed by atoms with Gasteiger partial charge < -0.3 is 10.6 Å². The number of para-hydroxylation sites is 1. The zero-order valence-electron chi connectivity index (χ0n) is 21.8. The summed E-state index contributed by atoms with van der Waals surface area (Å²) in [7, 11) is 0. The lowest BCUT2D eigenvalue weighted by atomic mass is 10.0. The second-order valence-electron chi connectivity index (χ2n) is 9.51. The van der Waals surface area contributed by atoms with E-state index in [0.717, 1.165) is 11.9 Å². The fraction of sp³-hybridized carbons (Fsp3) is 0.276. The van der Waals surface area contributed by atoms with Crippen molar-refractivity contribution in [1.82, 2.24) is 20.3 Å². The minimum Gasteiger partial charge on any atom is -0.354 e. The molecule has 1 heterocycles. The van der Waals surface area contributed by atoms with E-state index in [4.69, 9.17) is 0 Å². The number of hydrogen-bond acceptors (Lipinski definition) is 5. The van der Waals surface area contributed by atoms with Crippen molar-refractivity contribution in [1.29, 1.82) is 0 Å². The van der Waals surface area contributed by atoms with Crippen molar-refractivity contribution in [2.45, 2.75) is 39.8 Å². The van der Waals surface area contributed by atoms with Gasteiger partial charge in [0.15, 0.2) is 0 Å². The average molecular weight is 513 g/mol. The summed E-state index contributed by atoms with van der Waals surface area (Å²) in [5, 5.41) is 14.1. The number of anilines is 2. The molecule has 0 aliphatic rings. The van der Waals surface area contributed by atoms with Crippen molar-refractivity contribution in [3.63, 3.8) is 0 Å². The Morgan fingerprint density at radius 1 is 0.921 bits per heavy atom. The van der Waals surface area contributed by atoms with Gasteiger partial charge in [0.2, 0.25) is 17.7 Å². The van der Waals surface area contributed by atoms with Crippen LogP contribution in [0.4, 0.5) is 11.4 Å². The number of nitrogens with zero attached hydrogens (tertiary/aromatic N) is 4. The molecule has 3 amide bonds. The van der Waals surface area contributed by atoms with Crippen LogP contribution >= 0.6 is 0 Å². The summed E-state index contributed by atoms with van der Waals surface area (Å²) in [6, 6.07) is 22.6. The molecular formula is C29H32N6O3. The lowest BCUT2D eigenvalue weighted by Gasteiger charge is -2.32. The lowest BCUT2D eigenvalue weighted by molar-refractivity contribution is -0.127. The summed E-state index contributed by atoms with van der Waals surface area (Å²) in [6.07, 6.45) is 0.817. The maximum atomic E-state index is 14.0. The van der Waals surface area contributed by atoms with E-state index in [-0.39, 0.29) is 24.3 Å². The summed E-state index contributed by atoms with van der Waals surface area (Å²) < 4.78 is 1.54. The standard InChI is InChI=1S/C29H32N6O3/c1-20(2)17-18-30-29(38)28(22-9-5-4-6-10-22)35(24-15-13-23(14-16-24)31-21(3)36)27(37)19-34-26-12-8-7-11-25(26)32-33-34/h4-16,20,28H,17-19H2,1-3H3,(H,30,38)(H,31,36). The van der Waals surface area contributed by atoms with Crippen LogP contribution in [0.15, 0.2) is 78.9 Å². The molecule has 9 heteroatoms. The van der Waals surface area contributed by atoms with Crippen LogP contribution in [0, 0.1) is 5.92 Å². The SMILES string of the molecule is CC(=O)Nc1ccc(N(C(=O)Cn2nnc3ccccc32)C(C(=O)NCCC(C)C)c2ccccc2)cc1. The molecule has 1 atom stereocenters. The van der Waals surface area contributed by atoms with E-state index >= 15 is 0 Å². The first-order valence-corrected chi connectivity index (χ1v) is 12.6. The van der Waals surface area contributed by atoms with Gasteiger partial charge in [-0.05, 0) is 54.3 Å². The van der Waals surface area contributed by atoms with E-state index in [1.165, 1.54) is 16.5 Å². The normalized spacial score (nSPS) is 11.8. The molecule has 0 aliphatic heterocycles. The van der Waals surface area contributed by atoms with Crippen LogP contribution in [0.25, 0.3) is 11.0 Å². The van der Waals surface area contributed by atoms with Gasteiger partial charge in [0.25, 0.3) is 0 Å². The number of carbonyl (C=O) groups is 3. The lowest BCUT2D eigenvalue weighted by Crippen LogP contribution is -2.45. The fourth-order valence-corrected chi connectivity index (χ4v) is 4.22. The van der Waals surface area contributed by atoms with Crippen LogP contribution in [-0.2, 0) is 20.9 Å². The zero-order chi connectivity index (χ0) is 27.1. The van der Waals surface area contributed by atoms with E-state index in [1.54, 1.807) is 24.3 Å². The van der Waals surface area contributed by atoms with Gasteiger partial charge in [0.05, 0.1) is 5.52 Å². The summed E-state index contributed by atoms with van der Waals surface area (Å²) in [5.41, 5.74) is 3.18. The summed E-state index contributed by atoms with van der Waals surface area (Å²) in [4.78, 5) is 40.7. The first-order chi connectivity index (χ1) is 18.3. The van der Waals surface area contributed by atoms with E-state index < -0.39 is 6.04 Å². The molecule has 0 spiro atoms. The molecule has 4 rings (SSSR count). The highest BCUT2D eigenvalue weighted by Gasteiger charge is 2.33. The molecule has 1 unspecified atom stereocenters. The predicted octanol–water partition coefficient (Wildman–Crippen LogP) is 4.33. The molecule has 0 saturated carbocycles. The Bertz CT molecular complexity index is 1400. The molecular weight excluding hydrogens is 480 g/mol. The molecule has 1 aromatic heterocycles. The number of carbonyl (C=O) groups excluding carboxylic acids is 3. The van der Waals surface area contributed by atoms with Crippen LogP contribution in [0.2, 0.25) is 0 Å². The van der Waals surface area contributed by atoms with Crippen molar-refractivity contribution >= 4 is 40.1 Å². The second kappa shape index (κ2) is 12.1. The molecule has 0 bridgehead atoms. The Morgan fingerprint density at radius 3 is 2.29 bits per heavy atom. The first-order valence-electron chi connectivity index (χ1n) is 12.6. The Kier molecular flexibility index (Phi) is 8.47. The number of benzene rings is 3. The molecule has 0 aliphatic carbocycles. The molecule has 0 fully saturated rings. The topological polar surface area (TPSA) is 109 Å². The number of rotatable bonds is 10. The molecule has 2 N–H and O–H groups in total. The summed E-state index contributed by atoms with van der Waals surface area (Å²) >= 11 is 0. The van der Waals surface area contributed by atoms with Gasteiger partial charge in [-0.1, -0.05) is 61.5 Å². The van der Waals surface area contributed by atoms with Gasteiger partial charge in [0, 0.05) is 24.8 Å². The molecule has 3 aromatic carbocycles. The van der Waals surface area contributed by atoms with Gasteiger partial charge in [-0.3, -0.25) is 19.3 Å². The number of fused-ring (bicyclic) bond motifs is 1. The number of aromatic nitrogens is 3. The van der Waals surface area contributed by atoms with Crippen molar-refractivity contribution in [3.05, 3.63) is 84.4 Å². The van der Waals surface area contributed by atoms with E-state index in [2.05, 4.69) is 34.8 Å². The highest BCUT2D eigenvalue weighted by Crippen LogP contribution is 2.30. The monoisotopic (exact) mass is 512 g/mol. The average Bonchev–Trinajstić information content (AvgIpc) is 3.30. The van der Waals surface area contributed by atoms with Gasteiger partial charge in [-0.2, -0.15) is 0 Å². The highest BCUT2D eigenvalue weighted by atomic mass is 16.2. The minimum atomic E-state index is -0.919. The summed E-state index contributed by atoms with van der Waals surface area (Å²) in [6.45, 7) is 6.00. The van der Waals surface area contributed by atoms with Crippen LogP contribution in [-0.4, -0.2) is 39.3 Å². The van der Waals surface area contributed by atoms with Crippen LogP contribution in [0.1, 0.15) is 38.8 Å². The number of hydrogen-bond donors (Lipinski definition) is 2. The maximum Gasteiger partial charge on any atom is 0.249 e. The molecule has 196 valence electrons. The Labute approximate surface area is 221 Å². The quantitative estimate of drug-likeness (QED) is 0.329. The molecule has 4 aromatic rings.